The lowest BCUT2D eigenvalue weighted by molar-refractivity contribution is -0.125. The van der Waals surface area contributed by atoms with Gasteiger partial charge in [0.2, 0.25) is 5.91 Å². The third kappa shape index (κ3) is 6.05. The van der Waals surface area contributed by atoms with Gasteiger partial charge in [-0.3, -0.25) is 9.69 Å². The molecule has 0 spiro atoms. The highest BCUT2D eigenvalue weighted by atomic mass is 32.1. The van der Waals surface area contributed by atoms with Gasteiger partial charge in [0, 0.05) is 37.0 Å². The Balaban J connectivity index is 1.40. The van der Waals surface area contributed by atoms with E-state index in [1.54, 1.807) is 11.3 Å². The third-order valence-corrected chi connectivity index (χ3v) is 7.99. The van der Waals surface area contributed by atoms with Gasteiger partial charge in [-0.05, 0) is 30.4 Å². The summed E-state index contributed by atoms with van der Waals surface area (Å²) in [4.78, 5) is 20.8. The molecule has 0 bridgehead atoms. The number of hydrogen-bond acceptors (Lipinski definition) is 7. The van der Waals surface area contributed by atoms with Crippen LogP contribution >= 0.6 is 11.3 Å². The van der Waals surface area contributed by atoms with Gasteiger partial charge in [-0.2, -0.15) is 0 Å². The Bertz CT molecular complexity index is 1160. The summed E-state index contributed by atoms with van der Waals surface area (Å²) in [6, 6.07) is 9.91. The van der Waals surface area contributed by atoms with Crippen molar-refractivity contribution in [3.8, 4) is 10.4 Å². The highest BCUT2D eigenvalue weighted by Crippen LogP contribution is 2.32. The summed E-state index contributed by atoms with van der Waals surface area (Å²) in [6.45, 7) is 14.2. The van der Waals surface area contributed by atoms with Crippen LogP contribution in [0.1, 0.15) is 69.7 Å². The number of aromatic nitrogens is 2. The number of thiazole rings is 1. The molecule has 2 aromatic heterocycles. The van der Waals surface area contributed by atoms with Crippen LogP contribution in [0.4, 0.5) is 0 Å². The van der Waals surface area contributed by atoms with Crippen LogP contribution in [0.15, 0.2) is 40.4 Å². The summed E-state index contributed by atoms with van der Waals surface area (Å²) >= 11 is 1.63. The van der Waals surface area contributed by atoms with E-state index in [2.05, 4.69) is 67.1 Å². The van der Waals surface area contributed by atoms with Crippen molar-refractivity contribution in [2.45, 2.75) is 78.0 Å². The number of aliphatic hydroxyl groups is 1. The van der Waals surface area contributed by atoms with Crippen LogP contribution < -0.4 is 5.32 Å². The summed E-state index contributed by atoms with van der Waals surface area (Å²) in [7, 11) is 0. The predicted octanol–water partition coefficient (Wildman–Crippen LogP) is 4.90. The Labute approximate surface area is 217 Å². The number of carbonyl (C=O) groups is 1. The number of aryl methyl sites for hydroxylation is 1. The molecule has 4 rings (SSSR count). The van der Waals surface area contributed by atoms with E-state index in [0.717, 1.165) is 28.3 Å². The molecule has 3 atom stereocenters. The average molecular weight is 511 g/mol. The fourth-order valence-corrected chi connectivity index (χ4v) is 5.52. The van der Waals surface area contributed by atoms with Crippen molar-refractivity contribution in [1.29, 1.82) is 0 Å². The van der Waals surface area contributed by atoms with Gasteiger partial charge in [0.25, 0.3) is 0 Å². The summed E-state index contributed by atoms with van der Waals surface area (Å²) < 4.78 is 5.75. The van der Waals surface area contributed by atoms with Crippen LogP contribution in [-0.4, -0.2) is 51.3 Å². The number of benzene rings is 1. The second kappa shape index (κ2) is 10.8. The van der Waals surface area contributed by atoms with Gasteiger partial charge >= 0.3 is 0 Å². The lowest BCUT2D eigenvalue weighted by Crippen LogP contribution is -2.44. The second-order valence-electron chi connectivity index (χ2n) is 11.3. The maximum atomic E-state index is 13.2. The first-order valence-electron chi connectivity index (χ1n) is 12.7. The minimum atomic E-state index is -0.518. The van der Waals surface area contributed by atoms with Crippen molar-refractivity contribution < 1.29 is 14.4 Å². The van der Waals surface area contributed by atoms with Crippen molar-refractivity contribution in [3.63, 3.8) is 0 Å². The normalized spacial score (nSPS) is 19.7. The topological polar surface area (TPSA) is 91.5 Å². The highest BCUT2D eigenvalue weighted by Gasteiger charge is 2.38. The van der Waals surface area contributed by atoms with Crippen molar-refractivity contribution in [1.82, 2.24) is 20.4 Å². The fourth-order valence-electron chi connectivity index (χ4n) is 4.71. The zero-order valence-electron chi connectivity index (χ0n) is 22.1. The largest absolute Gasteiger partial charge is 0.392 e. The van der Waals surface area contributed by atoms with Gasteiger partial charge in [-0.15, -0.1) is 11.3 Å². The van der Waals surface area contributed by atoms with Gasteiger partial charge in [0.15, 0.2) is 0 Å². The molecule has 8 heteroatoms. The van der Waals surface area contributed by atoms with Gasteiger partial charge < -0.3 is 14.9 Å². The molecule has 1 aromatic carbocycles. The van der Waals surface area contributed by atoms with E-state index in [0.29, 0.717) is 32.0 Å². The minimum Gasteiger partial charge on any atom is -0.392 e. The molecule has 1 fully saturated rings. The van der Waals surface area contributed by atoms with Crippen molar-refractivity contribution >= 4 is 17.2 Å². The Morgan fingerprint density at radius 1 is 1.28 bits per heavy atom. The van der Waals surface area contributed by atoms with E-state index < -0.39 is 6.10 Å². The summed E-state index contributed by atoms with van der Waals surface area (Å²) in [5.74, 6) is 1.17. The molecular weight excluding hydrogens is 472 g/mol. The van der Waals surface area contributed by atoms with Crippen molar-refractivity contribution in [2.24, 2.45) is 5.92 Å². The van der Waals surface area contributed by atoms with Crippen LogP contribution in [0.2, 0.25) is 0 Å². The number of aliphatic hydroxyl groups excluding tert-OH is 1. The standard InChI is InChI=1S/C28H38N4O3S/c1-17(2)22(24-12-25(31-35-24)28(4,5)6)15-32-14-21(33)11-23(32)27(34)29-13-19-7-9-20(10-8-19)26-18(3)30-16-36-26/h7-10,12,16-17,21-23,33H,11,13-15H2,1-6H3,(H,29,34). The zero-order valence-corrected chi connectivity index (χ0v) is 22.9. The molecule has 1 aliphatic rings. The molecule has 0 saturated carbocycles. The highest BCUT2D eigenvalue weighted by molar-refractivity contribution is 7.13. The second-order valence-corrected chi connectivity index (χ2v) is 12.1. The van der Waals surface area contributed by atoms with Crippen LogP contribution in [0.3, 0.4) is 0 Å². The molecule has 2 N–H and O–H groups in total. The molecule has 1 aliphatic heterocycles. The SMILES string of the molecule is Cc1ncsc1-c1ccc(CNC(=O)C2CC(O)CN2CC(c2cc(C(C)(C)C)no2)C(C)C)cc1. The Hall–Kier alpha value is -2.55. The first kappa shape index (κ1) is 26.5. The summed E-state index contributed by atoms with van der Waals surface area (Å²) in [6.07, 6.45) is -0.0838. The maximum Gasteiger partial charge on any atom is 0.237 e. The number of likely N-dealkylation sites (tertiary alicyclic amines) is 1. The van der Waals surface area contributed by atoms with E-state index in [1.165, 1.54) is 4.88 Å². The molecule has 0 radical (unpaired) electrons. The van der Waals surface area contributed by atoms with Gasteiger partial charge in [0.1, 0.15) is 5.76 Å². The maximum absolute atomic E-state index is 13.2. The quantitative estimate of drug-likeness (QED) is 0.448. The molecule has 3 heterocycles. The molecule has 3 aromatic rings. The van der Waals surface area contributed by atoms with Gasteiger partial charge in [0.05, 0.1) is 33.9 Å². The minimum absolute atomic E-state index is 0.0515. The molecule has 1 amide bonds. The number of rotatable bonds is 8. The smallest absolute Gasteiger partial charge is 0.237 e. The van der Waals surface area contributed by atoms with E-state index in [4.69, 9.17) is 4.52 Å². The fraction of sp³-hybridized carbons (Fsp3) is 0.536. The molecule has 7 nitrogen and oxygen atoms in total. The van der Waals surface area contributed by atoms with Crippen molar-refractivity contribution in [2.75, 3.05) is 13.1 Å². The predicted molar refractivity (Wildman–Crippen MR) is 143 cm³/mol. The van der Waals surface area contributed by atoms with E-state index in [9.17, 15) is 9.90 Å². The van der Waals surface area contributed by atoms with E-state index >= 15 is 0 Å². The van der Waals surface area contributed by atoms with E-state index in [-0.39, 0.29) is 23.3 Å². The van der Waals surface area contributed by atoms with Crippen LogP contribution in [0.5, 0.6) is 0 Å². The summed E-state index contributed by atoms with van der Waals surface area (Å²) in [5.41, 5.74) is 5.90. The molecule has 3 unspecified atom stereocenters. The number of nitrogens with zero attached hydrogens (tertiary/aromatic N) is 3. The zero-order chi connectivity index (χ0) is 26.0. The molecular formula is C28H38N4O3S. The Kier molecular flexibility index (Phi) is 7.97. The molecule has 1 saturated heterocycles. The Morgan fingerprint density at radius 2 is 2.00 bits per heavy atom. The monoisotopic (exact) mass is 510 g/mol. The number of nitrogens with one attached hydrogen (secondary N) is 1. The van der Waals surface area contributed by atoms with Gasteiger partial charge in [-0.1, -0.05) is 64.0 Å². The van der Waals surface area contributed by atoms with Gasteiger partial charge in [-0.25, -0.2) is 4.98 Å². The number of β-amino-alcohol motifs (C(OH)–C–C–N with tert-alkyl or cyclic N) is 1. The van der Waals surface area contributed by atoms with Crippen LogP contribution in [0.25, 0.3) is 10.4 Å². The van der Waals surface area contributed by atoms with Crippen LogP contribution in [0, 0.1) is 12.8 Å². The lowest BCUT2D eigenvalue weighted by atomic mass is 9.88. The first-order valence-corrected chi connectivity index (χ1v) is 13.6. The number of amides is 1. The third-order valence-electron chi connectivity index (χ3n) is 7.01. The average Bonchev–Trinajstić information content (AvgIpc) is 3.55. The molecule has 194 valence electrons. The molecule has 36 heavy (non-hydrogen) atoms. The molecule has 0 aliphatic carbocycles. The summed E-state index contributed by atoms with van der Waals surface area (Å²) in [5, 5.41) is 17.8. The number of carbonyl (C=O) groups excluding carboxylic acids is 1. The Morgan fingerprint density at radius 3 is 2.58 bits per heavy atom. The van der Waals surface area contributed by atoms with E-state index in [1.807, 2.05) is 30.6 Å². The first-order chi connectivity index (χ1) is 17.0. The van der Waals surface area contributed by atoms with Crippen LogP contribution in [-0.2, 0) is 16.8 Å². The number of hydrogen-bond donors (Lipinski definition) is 2. The lowest BCUT2D eigenvalue weighted by Gasteiger charge is -2.29. The van der Waals surface area contributed by atoms with Crippen molar-refractivity contribution in [3.05, 3.63) is 58.6 Å².